The maximum absolute atomic E-state index is 12.9. The zero-order chi connectivity index (χ0) is 25.2. The number of carboxylic acid groups (broad SMARTS) is 1. The number of H-pyrrole nitrogens is 1. The van der Waals surface area contributed by atoms with Crippen molar-refractivity contribution in [3.63, 3.8) is 0 Å². The van der Waals surface area contributed by atoms with Gasteiger partial charge in [-0.15, -0.1) is 5.10 Å². The van der Waals surface area contributed by atoms with Gasteiger partial charge in [0.05, 0.1) is 5.56 Å². The van der Waals surface area contributed by atoms with E-state index < -0.39 is 5.97 Å². The molecule has 0 bridgehead atoms. The lowest BCUT2D eigenvalue weighted by atomic mass is 9.98. The molecule has 180 valence electrons. The highest BCUT2D eigenvalue weighted by Crippen LogP contribution is 2.29. The molecule has 0 fully saturated rings. The summed E-state index contributed by atoms with van der Waals surface area (Å²) in [5.74, 6) is 0.639. The van der Waals surface area contributed by atoms with Crippen molar-refractivity contribution in [1.29, 1.82) is 0 Å². The van der Waals surface area contributed by atoms with E-state index in [1.54, 1.807) is 18.2 Å². The molecule has 8 heteroatoms. The number of aromatic carboxylic acids is 1. The zero-order valence-corrected chi connectivity index (χ0v) is 19.8. The third-order valence-corrected chi connectivity index (χ3v) is 5.91. The quantitative estimate of drug-likeness (QED) is 0.321. The number of imidazole rings is 1. The van der Waals surface area contributed by atoms with E-state index in [0.29, 0.717) is 28.9 Å². The van der Waals surface area contributed by atoms with Crippen molar-refractivity contribution in [2.24, 2.45) is 0 Å². The van der Waals surface area contributed by atoms with Crippen molar-refractivity contribution < 1.29 is 14.6 Å². The number of para-hydroxylation sites is 1. The van der Waals surface area contributed by atoms with Gasteiger partial charge in [0.2, 0.25) is 0 Å². The molecule has 0 amide bonds. The van der Waals surface area contributed by atoms with Crippen molar-refractivity contribution >= 4 is 17.0 Å². The highest BCUT2D eigenvalue weighted by molar-refractivity contribution is 5.96. The predicted molar refractivity (Wildman–Crippen MR) is 137 cm³/mol. The summed E-state index contributed by atoms with van der Waals surface area (Å²) in [4.78, 5) is 29.2. The standard InChI is InChI=1S/C28H24N4O4/c1-17(2)25-29-23-24(26(33)30-31-27(23)36-20-8-4-3-5-9-20)32(25)16-18-12-14-19(15-13-18)21-10-6-7-11-22(21)28(34)35/h3-15,17H,16H2,1-2H3,(H,30,33)(H,34,35). The smallest absolute Gasteiger partial charge is 0.336 e. The number of ether oxygens (including phenoxy) is 1. The molecule has 0 atom stereocenters. The van der Waals surface area contributed by atoms with Crippen LogP contribution in [-0.4, -0.2) is 30.8 Å². The second-order valence-corrected chi connectivity index (χ2v) is 8.73. The molecule has 0 saturated carbocycles. The molecule has 2 N–H and O–H groups in total. The van der Waals surface area contributed by atoms with E-state index in [1.165, 1.54) is 0 Å². The van der Waals surface area contributed by atoms with Crippen LogP contribution in [-0.2, 0) is 6.54 Å². The Morgan fingerprint density at radius 2 is 1.69 bits per heavy atom. The summed E-state index contributed by atoms with van der Waals surface area (Å²) >= 11 is 0. The molecule has 5 rings (SSSR count). The second-order valence-electron chi connectivity index (χ2n) is 8.73. The fourth-order valence-corrected chi connectivity index (χ4v) is 4.22. The molecular formula is C28H24N4O4. The van der Waals surface area contributed by atoms with Gasteiger partial charge in [0.1, 0.15) is 17.1 Å². The van der Waals surface area contributed by atoms with E-state index >= 15 is 0 Å². The van der Waals surface area contributed by atoms with Gasteiger partial charge in [0, 0.05) is 12.5 Å². The van der Waals surface area contributed by atoms with E-state index in [-0.39, 0.29) is 22.9 Å². The average molecular weight is 481 g/mol. The summed E-state index contributed by atoms with van der Waals surface area (Å²) in [7, 11) is 0. The Labute approximate surface area is 206 Å². The number of carboxylic acids is 1. The van der Waals surface area contributed by atoms with Gasteiger partial charge in [-0.2, -0.15) is 0 Å². The number of hydrogen-bond acceptors (Lipinski definition) is 5. The summed E-state index contributed by atoms with van der Waals surface area (Å²) in [6, 6.07) is 23.8. The highest BCUT2D eigenvalue weighted by Gasteiger charge is 2.21. The van der Waals surface area contributed by atoms with Crippen molar-refractivity contribution in [2.45, 2.75) is 26.3 Å². The first-order valence-corrected chi connectivity index (χ1v) is 11.6. The Morgan fingerprint density at radius 1 is 1.00 bits per heavy atom. The molecule has 0 aliphatic heterocycles. The molecule has 8 nitrogen and oxygen atoms in total. The molecule has 36 heavy (non-hydrogen) atoms. The Kier molecular flexibility index (Phi) is 6.08. The number of fused-ring (bicyclic) bond motifs is 1. The SMILES string of the molecule is CC(C)c1nc2c(Oc3ccccc3)n[nH]c(=O)c2n1Cc1ccc(-c2ccccc2C(=O)O)cc1. The molecule has 0 unspecified atom stereocenters. The van der Waals surface area contributed by atoms with Gasteiger partial charge in [-0.25, -0.2) is 14.9 Å². The van der Waals surface area contributed by atoms with Gasteiger partial charge < -0.3 is 14.4 Å². The van der Waals surface area contributed by atoms with Crippen LogP contribution in [0.3, 0.4) is 0 Å². The van der Waals surface area contributed by atoms with Gasteiger partial charge in [0.15, 0.2) is 5.52 Å². The van der Waals surface area contributed by atoms with Crippen LogP contribution in [0.1, 0.15) is 41.5 Å². The lowest BCUT2D eigenvalue weighted by molar-refractivity contribution is 0.0697. The first-order chi connectivity index (χ1) is 17.4. The van der Waals surface area contributed by atoms with E-state index in [9.17, 15) is 14.7 Å². The van der Waals surface area contributed by atoms with Crippen LogP contribution in [0.4, 0.5) is 0 Å². The Bertz CT molecular complexity index is 1600. The Hall–Kier alpha value is -4.72. The van der Waals surface area contributed by atoms with E-state index in [2.05, 4.69) is 10.2 Å². The largest absolute Gasteiger partial charge is 0.478 e. The molecular weight excluding hydrogens is 456 g/mol. The van der Waals surface area contributed by atoms with Crippen molar-refractivity contribution in [2.75, 3.05) is 0 Å². The van der Waals surface area contributed by atoms with Crippen molar-refractivity contribution in [1.82, 2.24) is 19.7 Å². The number of benzene rings is 3. The minimum Gasteiger partial charge on any atom is -0.478 e. The molecule has 5 aromatic rings. The number of aromatic amines is 1. The van der Waals surface area contributed by atoms with Crippen LogP contribution in [0, 0.1) is 0 Å². The van der Waals surface area contributed by atoms with Crippen LogP contribution in [0.2, 0.25) is 0 Å². The minimum absolute atomic E-state index is 0.0445. The van der Waals surface area contributed by atoms with Crippen molar-refractivity contribution in [3.8, 4) is 22.8 Å². The third-order valence-electron chi connectivity index (χ3n) is 5.91. The predicted octanol–water partition coefficient (Wildman–Crippen LogP) is 5.45. The van der Waals surface area contributed by atoms with Gasteiger partial charge in [-0.3, -0.25) is 4.79 Å². The first-order valence-electron chi connectivity index (χ1n) is 11.6. The maximum Gasteiger partial charge on any atom is 0.336 e. The summed E-state index contributed by atoms with van der Waals surface area (Å²) < 4.78 is 7.82. The van der Waals surface area contributed by atoms with Crippen LogP contribution >= 0.6 is 0 Å². The molecule has 0 saturated heterocycles. The molecule has 2 aromatic heterocycles. The van der Waals surface area contributed by atoms with Crippen LogP contribution in [0.15, 0.2) is 83.7 Å². The second kappa shape index (κ2) is 9.50. The zero-order valence-electron chi connectivity index (χ0n) is 19.8. The normalized spacial score (nSPS) is 11.2. The topological polar surface area (TPSA) is 110 Å². The molecule has 0 aliphatic carbocycles. The lowest BCUT2D eigenvalue weighted by Crippen LogP contribution is -2.15. The molecule has 0 aliphatic rings. The van der Waals surface area contributed by atoms with Crippen LogP contribution in [0.5, 0.6) is 11.6 Å². The van der Waals surface area contributed by atoms with Gasteiger partial charge in [-0.1, -0.05) is 74.5 Å². The maximum atomic E-state index is 12.9. The molecule has 0 spiro atoms. The minimum atomic E-state index is -0.970. The van der Waals surface area contributed by atoms with E-state index in [1.807, 2.05) is 79.1 Å². The number of carbonyl (C=O) groups is 1. The van der Waals surface area contributed by atoms with Crippen molar-refractivity contribution in [3.05, 3.63) is 106 Å². The van der Waals surface area contributed by atoms with Crippen LogP contribution in [0.25, 0.3) is 22.2 Å². The van der Waals surface area contributed by atoms with Gasteiger partial charge >= 0.3 is 5.97 Å². The number of nitrogens with one attached hydrogen (secondary N) is 1. The summed E-state index contributed by atoms with van der Waals surface area (Å²) in [5, 5.41) is 16.2. The highest BCUT2D eigenvalue weighted by atomic mass is 16.5. The van der Waals surface area contributed by atoms with Gasteiger partial charge in [-0.05, 0) is 34.9 Å². The summed E-state index contributed by atoms with van der Waals surface area (Å²) in [6.45, 7) is 4.44. The molecule has 0 radical (unpaired) electrons. The van der Waals surface area contributed by atoms with Gasteiger partial charge in [0.25, 0.3) is 11.4 Å². The third kappa shape index (κ3) is 4.36. The lowest BCUT2D eigenvalue weighted by Gasteiger charge is -2.12. The number of aromatic nitrogens is 4. The Balaban J connectivity index is 1.54. The summed E-state index contributed by atoms with van der Waals surface area (Å²) in [5.41, 5.74) is 3.08. The number of rotatable bonds is 7. The monoisotopic (exact) mass is 480 g/mol. The van der Waals surface area contributed by atoms with E-state index in [0.717, 1.165) is 17.0 Å². The fraction of sp³-hybridized carbons (Fsp3) is 0.143. The molecule has 3 aromatic carbocycles. The fourth-order valence-electron chi connectivity index (χ4n) is 4.22. The Morgan fingerprint density at radius 3 is 2.39 bits per heavy atom. The summed E-state index contributed by atoms with van der Waals surface area (Å²) in [6.07, 6.45) is 0. The first kappa shape index (κ1) is 23.0. The number of hydrogen-bond donors (Lipinski definition) is 2. The molecule has 2 heterocycles. The average Bonchev–Trinajstić information content (AvgIpc) is 3.27. The van der Waals surface area contributed by atoms with Crippen LogP contribution < -0.4 is 10.3 Å². The van der Waals surface area contributed by atoms with E-state index in [4.69, 9.17) is 9.72 Å². The number of nitrogens with zero attached hydrogens (tertiary/aromatic N) is 3.